The zero-order valence-electron chi connectivity index (χ0n) is 9.01. The summed E-state index contributed by atoms with van der Waals surface area (Å²) in [4.78, 5) is 2.48. The average molecular weight is 169 g/mol. The number of nitrogens with zero attached hydrogens (tertiary/aromatic N) is 1. The third kappa shape index (κ3) is 2.78. The van der Waals surface area contributed by atoms with Gasteiger partial charge in [-0.1, -0.05) is 13.8 Å². The molecule has 2 unspecified atom stereocenters. The molecule has 1 aliphatic heterocycles. The fourth-order valence-corrected chi connectivity index (χ4v) is 2.27. The van der Waals surface area contributed by atoms with Crippen LogP contribution >= 0.6 is 0 Å². The summed E-state index contributed by atoms with van der Waals surface area (Å²) in [5.74, 6) is 1.88. The molecule has 0 N–H and O–H groups in total. The van der Waals surface area contributed by atoms with E-state index in [0.29, 0.717) is 0 Å². The molecule has 0 bridgehead atoms. The number of piperidine rings is 1. The van der Waals surface area contributed by atoms with Crippen molar-refractivity contribution in [2.75, 3.05) is 13.6 Å². The third-order valence-corrected chi connectivity index (χ3v) is 3.12. The van der Waals surface area contributed by atoms with Gasteiger partial charge in [-0.3, -0.25) is 0 Å². The summed E-state index contributed by atoms with van der Waals surface area (Å²) in [6.45, 7) is 8.33. The van der Waals surface area contributed by atoms with Crippen molar-refractivity contribution in [2.24, 2.45) is 11.8 Å². The van der Waals surface area contributed by atoms with Crippen LogP contribution in [0.15, 0.2) is 0 Å². The predicted molar refractivity (Wildman–Crippen MR) is 54.3 cm³/mol. The molecule has 72 valence electrons. The SMILES string of the molecule is CC(C)CC1CCN(C)C(C)C1. The number of hydrogen-bond acceptors (Lipinski definition) is 1. The molecule has 2 atom stereocenters. The van der Waals surface area contributed by atoms with E-state index in [0.717, 1.165) is 17.9 Å². The lowest BCUT2D eigenvalue weighted by molar-refractivity contribution is 0.141. The maximum Gasteiger partial charge on any atom is 0.00665 e. The minimum Gasteiger partial charge on any atom is -0.304 e. The van der Waals surface area contributed by atoms with E-state index in [1.165, 1.54) is 25.8 Å². The molecule has 0 radical (unpaired) electrons. The topological polar surface area (TPSA) is 3.24 Å². The summed E-state index contributed by atoms with van der Waals surface area (Å²) >= 11 is 0. The van der Waals surface area contributed by atoms with E-state index in [9.17, 15) is 0 Å². The maximum absolute atomic E-state index is 2.48. The summed E-state index contributed by atoms with van der Waals surface area (Å²) in [5.41, 5.74) is 0. The predicted octanol–water partition coefficient (Wildman–Crippen LogP) is 2.76. The van der Waals surface area contributed by atoms with E-state index in [1.807, 2.05) is 0 Å². The molecule has 1 heterocycles. The van der Waals surface area contributed by atoms with Crippen LogP contribution < -0.4 is 0 Å². The monoisotopic (exact) mass is 169 g/mol. The van der Waals surface area contributed by atoms with Gasteiger partial charge >= 0.3 is 0 Å². The average Bonchev–Trinajstić information content (AvgIpc) is 1.96. The van der Waals surface area contributed by atoms with Gasteiger partial charge in [-0.2, -0.15) is 0 Å². The summed E-state index contributed by atoms with van der Waals surface area (Å²) < 4.78 is 0. The summed E-state index contributed by atoms with van der Waals surface area (Å²) in [7, 11) is 2.25. The molecule has 1 rings (SSSR count). The first-order chi connectivity index (χ1) is 5.59. The molecule has 1 fully saturated rings. The smallest absolute Gasteiger partial charge is 0.00665 e. The molecular weight excluding hydrogens is 146 g/mol. The lowest BCUT2D eigenvalue weighted by Gasteiger charge is -2.35. The summed E-state index contributed by atoms with van der Waals surface area (Å²) in [6, 6.07) is 0.808. The fourth-order valence-electron chi connectivity index (χ4n) is 2.27. The van der Waals surface area contributed by atoms with Gasteiger partial charge in [0.25, 0.3) is 0 Å². The van der Waals surface area contributed by atoms with Crippen molar-refractivity contribution in [3.8, 4) is 0 Å². The lowest BCUT2D eigenvalue weighted by atomic mass is 9.85. The van der Waals surface area contributed by atoms with E-state index in [-0.39, 0.29) is 0 Å². The van der Waals surface area contributed by atoms with Crippen LogP contribution in [0.4, 0.5) is 0 Å². The number of hydrogen-bond donors (Lipinski definition) is 0. The molecule has 1 nitrogen and oxygen atoms in total. The van der Waals surface area contributed by atoms with Crippen molar-refractivity contribution in [3.63, 3.8) is 0 Å². The van der Waals surface area contributed by atoms with Crippen molar-refractivity contribution < 1.29 is 0 Å². The Bertz CT molecular complexity index is 131. The highest BCUT2D eigenvalue weighted by atomic mass is 15.1. The van der Waals surface area contributed by atoms with E-state index < -0.39 is 0 Å². The van der Waals surface area contributed by atoms with Crippen LogP contribution in [0, 0.1) is 11.8 Å². The van der Waals surface area contributed by atoms with Crippen molar-refractivity contribution in [1.82, 2.24) is 4.90 Å². The molecule has 0 amide bonds. The summed E-state index contributed by atoms with van der Waals surface area (Å²) in [5, 5.41) is 0. The van der Waals surface area contributed by atoms with Crippen LogP contribution in [0.25, 0.3) is 0 Å². The van der Waals surface area contributed by atoms with Crippen LogP contribution in [-0.2, 0) is 0 Å². The van der Waals surface area contributed by atoms with Gasteiger partial charge in [0.1, 0.15) is 0 Å². The van der Waals surface area contributed by atoms with E-state index in [2.05, 4.69) is 32.7 Å². The van der Waals surface area contributed by atoms with Crippen LogP contribution in [-0.4, -0.2) is 24.5 Å². The Morgan fingerprint density at radius 3 is 2.58 bits per heavy atom. The molecule has 1 heteroatoms. The quantitative estimate of drug-likeness (QED) is 0.614. The van der Waals surface area contributed by atoms with E-state index in [4.69, 9.17) is 0 Å². The highest BCUT2D eigenvalue weighted by molar-refractivity contribution is 4.77. The Morgan fingerprint density at radius 2 is 2.08 bits per heavy atom. The van der Waals surface area contributed by atoms with Gasteiger partial charge in [-0.05, 0) is 51.6 Å². The van der Waals surface area contributed by atoms with Crippen molar-refractivity contribution in [3.05, 3.63) is 0 Å². The molecule has 0 spiro atoms. The Morgan fingerprint density at radius 1 is 1.42 bits per heavy atom. The standard InChI is InChI=1S/C11H23N/c1-9(2)7-11-5-6-12(4)10(3)8-11/h9-11H,5-8H2,1-4H3. The molecule has 12 heavy (non-hydrogen) atoms. The molecular formula is C11H23N. The normalized spacial score (nSPS) is 32.8. The lowest BCUT2D eigenvalue weighted by Crippen LogP contribution is -2.37. The molecule has 0 aromatic heterocycles. The molecule has 0 saturated carbocycles. The van der Waals surface area contributed by atoms with Crippen LogP contribution in [0.2, 0.25) is 0 Å². The Labute approximate surface area is 77.1 Å². The molecule has 1 saturated heterocycles. The second-order valence-electron chi connectivity index (χ2n) is 4.85. The summed E-state index contributed by atoms with van der Waals surface area (Å²) in [6.07, 6.45) is 4.26. The van der Waals surface area contributed by atoms with Gasteiger partial charge in [0, 0.05) is 6.04 Å². The van der Waals surface area contributed by atoms with E-state index in [1.54, 1.807) is 0 Å². The van der Waals surface area contributed by atoms with Gasteiger partial charge in [-0.15, -0.1) is 0 Å². The van der Waals surface area contributed by atoms with Crippen LogP contribution in [0.1, 0.15) is 40.0 Å². The first-order valence-corrected chi connectivity index (χ1v) is 5.29. The molecule has 1 aliphatic rings. The highest BCUT2D eigenvalue weighted by Gasteiger charge is 2.22. The van der Waals surface area contributed by atoms with Crippen molar-refractivity contribution in [1.29, 1.82) is 0 Å². The van der Waals surface area contributed by atoms with Crippen LogP contribution in [0.5, 0.6) is 0 Å². The Hall–Kier alpha value is -0.0400. The van der Waals surface area contributed by atoms with Crippen molar-refractivity contribution >= 4 is 0 Å². The van der Waals surface area contributed by atoms with Crippen LogP contribution in [0.3, 0.4) is 0 Å². The Balaban J connectivity index is 2.30. The molecule has 0 aliphatic carbocycles. The highest BCUT2D eigenvalue weighted by Crippen LogP contribution is 2.26. The first-order valence-electron chi connectivity index (χ1n) is 5.29. The van der Waals surface area contributed by atoms with E-state index >= 15 is 0 Å². The zero-order chi connectivity index (χ0) is 9.14. The largest absolute Gasteiger partial charge is 0.304 e. The molecule has 0 aromatic rings. The number of rotatable bonds is 2. The van der Waals surface area contributed by atoms with Crippen molar-refractivity contribution in [2.45, 2.75) is 46.1 Å². The van der Waals surface area contributed by atoms with Gasteiger partial charge in [0.2, 0.25) is 0 Å². The van der Waals surface area contributed by atoms with Gasteiger partial charge in [0.05, 0.1) is 0 Å². The van der Waals surface area contributed by atoms with Gasteiger partial charge in [0.15, 0.2) is 0 Å². The fraction of sp³-hybridized carbons (Fsp3) is 1.00. The minimum absolute atomic E-state index is 0.808. The van der Waals surface area contributed by atoms with Gasteiger partial charge in [-0.25, -0.2) is 0 Å². The first kappa shape index (κ1) is 10.0. The minimum atomic E-state index is 0.808. The number of likely N-dealkylation sites (tertiary alicyclic amines) is 1. The maximum atomic E-state index is 2.48. The van der Waals surface area contributed by atoms with Gasteiger partial charge < -0.3 is 4.90 Å². The molecule has 0 aromatic carbocycles. The zero-order valence-corrected chi connectivity index (χ0v) is 9.01. The third-order valence-electron chi connectivity index (χ3n) is 3.12. The second-order valence-corrected chi connectivity index (χ2v) is 4.85. The second kappa shape index (κ2) is 4.27. The Kier molecular flexibility index (Phi) is 3.57.